The minimum absolute atomic E-state index is 0.163. The van der Waals surface area contributed by atoms with Gasteiger partial charge in [0.1, 0.15) is 11.2 Å². The largest absolute Gasteiger partial charge is 0.336 e. The molecule has 1 fully saturated rings. The third kappa shape index (κ3) is 3.44. The number of nitrogens with zero attached hydrogens (tertiary/aromatic N) is 3. The van der Waals surface area contributed by atoms with E-state index in [2.05, 4.69) is 11.9 Å². The van der Waals surface area contributed by atoms with Crippen LogP contribution in [-0.2, 0) is 6.54 Å². The molecule has 28 heavy (non-hydrogen) atoms. The summed E-state index contributed by atoms with van der Waals surface area (Å²) in [6, 6.07) is 13.7. The summed E-state index contributed by atoms with van der Waals surface area (Å²) in [7, 11) is 0. The van der Waals surface area contributed by atoms with Gasteiger partial charge >= 0.3 is 0 Å². The topological polar surface area (TPSA) is 55.2 Å². The van der Waals surface area contributed by atoms with Crippen molar-refractivity contribution in [1.82, 2.24) is 14.5 Å². The molecule has 1 aliphatic rings. The van der Waals surface area contributed by atoms with Gasteiger partial charge < -0.3 is 4.90 Å². The highest BCUT2D eigenvalue weighted by atomic mass is 16.2. The lowest BCUT2D eigenvalue weighted by atomic mass is 10.0. The number of hydrogen-bond acceptors (Lipinski definition) is 3. The van der Waals surface area contributed by atoms with Crippen LogP contribution in [0.25, 0.3) is 11.0 Å². The molecule has 0 unspecified atom stereocenters. The van der Waals surface area contributed by atoms with Crippen LogP contribution in [0.3, 0.4) is 0 Å². The highest BCUT2D eigenvalue weighted by molar-refractivity contribution is 5.97. The predicted molar refractivity (Wildman–Crippen MR) is 111 cm³/mol. The molecular weight excluding hydrogens is 350 g/mol. The van der Waals surface area contributed by atoms with E-state index in [1.165, 1.54) is 5.56 Å². The molecule has 5 heteroatoms. The summed E-state index contributed by atoms with van der Waals surface area (Å²) < 4.78 is 1.63. The summed E-state index contributed by atoms with van der Waals surface area (Å²) in [6.45, 7) is 5.20. The van der Waals surface area contributed by atoms with Gasteiger partial charge in [-0.25, -0.2) is 4.98 Å². The molecular formula is C23H25N3O2. The number of carbonyl (C=O) groups excluding carboxylic acids is 1. The second kappa shape index (κ2) is 7.58. The maximum Gasteiger partial charge on any atom is 0.265 e. The number of amides is 1. The highest BCUT2D eigenvalue weighted by Gasteiger charge is 2.27. The van der Waals surface area contributed by atoms with Gasteiger partial charge in [-0.1, -0.05) is 29.8 Å². The third-order valence-electron chi connectivity index (χ3n) is 5.60. The van der Waals surface area contributed by atoms with Crippen molar-refractivity contribution in [2.75, 3.05) is 6.54 Å². The third-order valence-corrected chi connectivity index (χ3v) is 5.60. The number of carbonyl (C=O) groups is 1. The zero-order valence-electron chi connectivity index (χ0n) is 16.4. The molecule has 144 valence electrons. The Hall–Kier alpha value is -2.95. The normalized spacial score (nSPS) is 17.1. The Balaban J connectivity index is 1.82. The first-order chi connectivity index (χ1) is 13.5. The van der Waals surface area contributed by atoms with E-state index in [1.807, 2.05) is 48.2 Å². The van der Waals surface area contributed by atoms with Crippen LogP contribution >= 0.6 is 0 Å². The first-order valence-corrected chi connectivity index (χ1v) is 9.89. The number of piperidine rings is 1. The van der Waals surface area contributed by atoms with Crippen molar-refractivity contribution >= 4 is 16.9 Å². The molecule has 0 bridgehead atoms. The lowest BCUT2D eigenvalue weighted by Crippen LogP contribution is -2.44. The Kier molecular flexibility index (Phi) is 4.99. The van der Waals surface area contributed by atoms with Gasteiger partial charge in [0, 0.05) is 24.2 Å². The molecule has 2 aromatic heterocycles. The predicted octanol–water partition coefficient (Wildman–Crippen LogP) is 3.77. The fraction of sp³-hybridized carbons (Fsp3) is 0.348. The van der Waals surface area contributed by atoms with E-state index >= 15 is 0 Å². The maximum atomic E-state index is 13.3. The van der Waals surface area contributed by atoms with Crippen LogP contribution < -0.4 is 5.56 Å². The average molecular weight is 375 g/mol. The van der Waals surface area contributed by atoms with Crippen molar-refractivity contribution < 1.29 is 4.79 Å². The molecule has 3 aromatic rings. The van der Waals surface area contributed by atoms with Crippen LogP contribution in [0.4, 0.5) is 0 Å². The summed E-state index contributed by atoms with van der Waals surface area (Å²) in [6.07, 6.45) is 4.78. The van der Waals surface area contributed by atoms with Crippen molar-refractivity contribution in [3.63, 3.8) is 0 Å². The molecule has 0 N–H and O–H groups in total. The van der Waals surface area contributed by atoms with Crippen LogP contribution in [0.2, 0.25) is 0 Å². The van der Waals surface area contributed by atoms with Gasteiger partial charge in [0.15, 0.2) is 0 Å². The fourth-order valence-electron chi connectivity index (χ4n) is 3.94. The van der Waals surface area contributed by atoms with Crippen LogP contribution in [0.15, 0.2) is 53.5 Å². The van der Waals surface area contributed by atoms with Crippen LogP contribution in [0, 0.1) is 6.92 Å². The van der Waals surface area contributed by atoms with Crippen LogP contribution in [0.1, 0.15) is 47.7 Å². The molecule has 1 aliphatic heterocycles. The van der Waals surface area contributed by atoms with Crippen molar-refractivity contribution in [1.29, 1.82) is 0 Å². The van der Waals surface area contributed by atoms with Gasteiger partial charge in [-0.3, -0.25) is 14.2 Å². The fourth-order valence-corrected chi connectivity index (χ4v) is 3.94. The number of benzene rings is 1. The first-order valence-electron chi connectivity index (χ1n) is 9.89. The summed E-state index contributed by atoms with van der Waals surface area (Å²) in [4.78, 5) is 32.8. The average Bonchev–Trinajstić information content (AvgIpc) is 2.71. The zero-order valence-corrected chi connectivity index (χ0v) is 16.4. The Morgan fingerprint density at radius 3 is 2.71 bits per heavy atom. The molecule has 0 spiro atoms. The van der Waals surface area contributed by atoms with E-state index in [-0.39, 0.29) is 23.1 Å². The zero-order chi connectivity index (χ0) is 19.7. The maximum absolute atomic E-state index is 13.3. The molecule has 0 saturated carbocycles. The van der Waals surface area contributed by atoms with Gasteiger partial charge in [-0.15, -0.1) is 0 Å². The summed E-state index contributed by atoms with van der Waals surface area (Å²) in [5.41, 5.74) is 2.75. The number of aryl methyl sites for hydroxylation is 1. The molecule has 1 amide bonds. The molecule has 0 radical (unpaired) electrons. The van der Waals surface area contributed by atoms with E-state index in [4.69, 9.17) is 0 Å². The van der Waals surface area contributed by atoms with E-state index in [1.54, 1.807) is 16.8 Å². The summed E-state index contributed by atoms with van der Waals surface area (Å²) >= 11 is 0. The van der Waals surface area contributed by atoms with Crippen LogP contribution in [0.5, 0.6) is 0 Å². The lowest BCUT2D eigenvalue weighted by Gasteiger charge is -2.33. The van der Waals surface area contributed by atoms with Crippen molar-refractivity contribution in [2.45, 2.75) is 45.7 Å². The number of aromatic nitrogens is 2. The van der Waals surface area contributed by atoms with E-state index in [0.717, 1.165) is 30.2 Å². The first kappa shape index (κ1) is 18.4. The van der Waals surface area contributed by atoms with Gasteiger partial charge in [0.05, 0.1) is 6.54 Å². The quantitative estimate of drug-likeness (QED) is 0.700. The Labute approximate surface area is 164 Å². The second-order valence-electron chi connectivity index (χ2n) is 7.69. The Morgan fingerprint density at radius 1 is 1.18 bits per heavy atom. The van der Waals surface area contributed by atoms with Crippen molar-refractivity contribution in [3.8, 4) is 0 Å². The Bertz CT molecular complexity index is 1070. The standard InChI is InChI=1S/C23H25N3O2/c1-16-8-10-18(11-9-16)15-26-21-19(7-5-12-24-21)14-20(23(26)28)22(27)25-13-4-3-6-17(25)2/h5,7-12,14,17H,3-4,6,13,15H2,1-2H3/t17-/m0/s1. The van der Waals surface area contributed by atoms with E-state index in [9.17, 15) is 9.59 Å². The SMILES string of the molecule is Cc1ccc(Cn2c(=O)c(C(=O)N3CCCC[C@@H]3C)cc3cccnc32)cc1. The molecule has 1 atom stereocenters. The monoisotopic (exact) mass is 375 g/mol. The minimum Gasteiger partial charge on any atom is -0.336 e. The van der Waals surface area contributed by atoms with Crippen molar-refractivity contribution in [2.24, 2.45) is 0 Å². The smallest absolute Gasteiger partial charge is 0.265 e. The Morgan fingerprint density at radius 2 is 1.96 bits per heavy atom. The number of hydrogen-bond donors (Lipinski definition) is 0. The van der Waals surface area contributed by atoms with Crippen LogP contribution in [-0.4, -0.2) is 32.9 Å². The molecule has 5 nitrogen and oxygen atoms in total. The lowest BCUT2D eigenvalue weighted by molar-refractivity contribution is 0.0633. The summed E-state index contributed by atoms with van der Waals surface area (Å²) in [5, 5.41) is 0.808. The number of likely N-dealkylation sites (tertiary alicyclic amines) is 1. The van der Waals surface area contributed by atoms with E-state index < -0.39 is 0 Å². The van der Waals surface area contributed by atoms with E-state index in [0.29, 0.717) is 18.7 Å². The minimum atomic E-state index is -0.269. The second-order valence-corrected chi connectivity index (χ2v) is 7.69. The molecule has 4 rings (SSSR count). The van der Waals surface area contributed by atoms with Gasteiger partial charge in [-0.2, -0.15) is 0 Å². The molecule has 0 aliphatic carbocycles. The molecule has 3 heterocycles. The van der Waals surface area contributed by atoms with Gasteiger partial charge in [-0.05, 0) is 56.9 Å². The summed E-state index contributed by atoms with van der Waals surface area (Å²) in [5.74, 6) is -0.166. The van der Waals surface area contributed by atoms with Gasteiger partial charge in [0.25, 0.3) is 11.5 Å². The number of rotatable bonds is 3. The highest BCUT2D eigenvalue weighted by Crippen LogP contribution is 2.20. The number of pyridine rings is 2. The number of fused-ring (bicyclic) bond motifs is 1. The van der Waals surface area contributed by atoms with Crippen molar-refractivity contribution in [3.05, 3.63) is 75.7 Å². The van der Waals surface area contributed by atoms with Gasteiger partial charge in [0.2, 0.25) is 0 Å². The molecule has 1 saturated heterocycles. The molecule has 1 aromatic carbocycles.